The minimum atomic E-state index is -0.202. The fraction of sp³-hybridized carbons (Fsp3) is 0.462. The van der Waals surface area contributed by atoms with Crippen molar-refractivity contribution < 1.29 is 4.79 Å². The largest absolute Gasteiger partial charge is 0.334 e. The van der Waals surface area contributed by atoms with Gasteiger partial charge < -0.3 is 16.4 Å². The lowest BCUT2D eigenvalue weighted by molar-refractivity contribution is 0.247. The number of hydrogen-bond donors (Lipinski definition) is 3. The van der Waals surface area contributed by atoms with E-state index in [0.29, 0.717) is 12.5 Å². The lowest BCUT2D eigenvalue weighted by Gasteiger charge is -2.19. The Kier molecular flexibility index (Phi) is 5.49. The van der Waals surface area contributed by atoms with Crippen molar-refractivity contribution in [3.8, 4) is 0 Å². The molecule has 0 aromatic heterocycles. The van der Waals surface area contributed by atoms with Gasteiger partial charge in [-0.2, -0.15) is 0 Å². The number of amides is 2. The molecule has 1 rings (SSSR count). The average Bonchev–Trinajstić information content (AvgIpc) is 2.28. The molecule has 1 unspecified atom stereocenters. The fourth-order valence-corrected chi connectivity index (χ4v) is 1.66. The van der Waals surface area contributed by atoms with Gasteiger partial charge in [0, 0.05) is 18.3 Å². The van der Waals surface area contributed by atoms with Gasteiger partial charge in [-0.3, -0.25) is 0 Å². The van der Waals surface area contributed by atoms with Gasteiger partial charge in [0.25, 0.3) is 0 Å². The van der Waals surface area contributed by atoms with Crippen LogP contribution in [-0.2, 0) is 0 Å². The Morgan fingerprint density at radius 2 is 1.94 bits per heavy atom. The zero-order valence-corrected chi connectivity index (χ0v) is 10.4. The van der Waals surface area contributed by atoms with E-state index in [2.05, 4.69) is 24.5 Å². The van der Waals surface area contributed by atoms with Crippen molar-refractivity contribution in [1.82, 2.24) is 5.32 Å². The van der Waals surface area contributed by atoms with Crippen LogP contribution in [0.2, 0.25) is 0 Å². The minimum absolute atomic E-state index is 0.0266. The Morgan fingerprint density at radius 1 is 1.29 bits per heavy atom. The predicted molar refractivity (Wildman–Crippen MR) is 70.9 cm³/mol. The van der Waals surface area contributed by atoms with Crippen LogP contribution in [0.3, 0.4) is 0 Å². The molecule has 0 heterocycles. The highest BCUT2D eigenvalue weighted by Crippen LogP contribution is 2.06. The van der Waals surface area contributed by atoms with Gasteiger partial charge in [0.15, 0.2) is 0 Å². The van der Waals surface area contributed by atoms with E-state index < -0.39 is 0 Å². The average molecular weight is 235 g/mol. The van der Waals surface area contributed by atoms with Crippen molar-refractivity contribution in [2.24, 2.45) is 11.7 Å². The third-order valence-electron chi connectivity index (χ3n) is 2.41. The molecule has 0 spiro atoms. The molecule has 0 saturated heterocycles. The fourth-order valence-electron chi connectivity index (χ4n) is 1.66. The monoisotopic (exact) mass is 235 g/mol. The molecule has 0 aliphatic heterocycles. The highest BCUT2D eigenvalue weighted by molar-refractivity contribution is 5.89. The number of para-hydroxylation sites is 1. The maximum Gasteiger partial charge on any atom is 0.319 e. The normalized spacial score (nSPS) is 12.2. The molecule has 94 valence electrons. The molecule has 4 N–H and O–H groups in total. The molecular formula is C13H21N3O. The summed E-state index contributed by atoms with van der Waals surface area (Å²) in [6, 6.07) is 9.18. The number of nitrogens with one attached hydrogen (secondary N) is 2. The van der Waals surface area contributed by atoms with Crippen LogP contribution in [-0.4, -0.2) is 18.6 Å². The summed E-state index contributed by atoms with van der Waals surface area (Å²) in [6.45, 7) is 4.68. The van der Waals surface area contributed by atoms with E-state index in [1.807, 2.05) is 30.3 Å². The highest BCUT2D eigenvalue weighted by atomic mass is 16.2. The predicted octanol–water partition coefficient (Wildman–Crippen LogP) is 2.18. The molecule has 0 aliphatic rings. The first kappa shape index (κ1) is 13.5. The number of carbonyl (C=O) groups is 1. The van der Waals surface area contributed by atoms with Crippen LogP contribution in [0.5, 0.6) is 0 Å². The van der Waals surface area contributed by atoms with Crippen molar-refractivity contribution in [2.45, 2.75) is 26.3 Å². The SMILES string of the molecule is CC(C)CC(CN)NC(=O)Nc1ccccc1. The van der Waals surface area contributed by atoms with E-state index in [4.69, 9.17) is 5.73 Å². The molecule has 1 aromatic carbocycles. The van der Waals surface area contributed by atoms with E-state index in [1.165, 1.54) is 0 Å². The van der Waals surface area contributed by atoms with Gasteiger partial charge in [0.05, 0.1) is 0 Å². The number of rotatable bonds is 5. The van der Waals surface area contributed by atoms with Gasteiger partial charge in [-0.1, -0.05) is 32.0 Å². The molecule has 4 nitrogen and oxygen atoms in total. The Labute approximate surface area is 103 Å². The Hall–Kier alpha value is -1.55. The Bertz CT molecular complexity index is 338. The van der Waals surface area contributed by atoms with Crippen LogP contribution in [0.1, 0.15) is 20.3 Å². The zero-order chi connectivity index (χ0) is 12.7. The third kappa shape index (κ3) is 5.36. The van der Waals surface area contributed by atoms with Crippen LogP contribution in [0.25, 0.3) is 0 Å². The minimum Gasteiger partial charge on any atom is -0.334 e. The van der Waals surface area contributed by atoms with Crippen molar-refractivity contribution in [3.05, 3.63) is 30.3 Å². The first-order valence-corrected chi connectivity index (χ1v) is 5.94. The Balaban J connectivity index is 2.43. The number of hydrogen-bond acceptors (Lipinski definition) is 2. The number of urea groups is 1. The summed E-state index contributed by atoms with van der Waals surface area (Å²) in [7, 11) is 0. The van der Waals surface area contributed by atoms with Crippen LogP contribution >= 0.6 is 0 Å². The smallest absolute Gasteiger partial charge is 0.319 e. The Morgan fingerprint density at radius 3 is 2.47 bits per heavy atom. The summed E-state index contributed by atoms with van der Waals surface area (Å²) in [4.78, 5) is 11.7. The van der Waals surface area contributed by atoms with Gasteiger partial charge in [0.1, 0.15) is 0 Å². The molecule has 1 aromatic rings. The number of carbonyl (C=O) groups excluding carboxylic acids is 1. The van der Waals surface area contributed by atoms with Crippen LogP contribution < -0.4 is 16.4 Å². The molecule has 4 heteroatoms. The van der Waals surface area contributed by atoms with Gasteiger partial charge in [-0.25, -0.2) is 4.79 Å². The summed E-state index contributed by atoms with van der Waals surface area (Å²) in [6.07, 6.45) is 0.888. The van der Waals surface area contributed by atoms with Gasteiger partial charge >= 0.3 is 6.03 Å². The summed E-state index contributed by atoms with van der Waals surface area (Å²) >= 11 is 0. The first-order valence-electron chi connectivity index (χ1n) is 5.94. The quantitative estimate of drug-likeness (QED) is 0.732. The highest BCUT2D eigenvalue weighted by Gasteiger charge is 2.11. The lowest BCUT2D eigenvalue weighted by Crippen LogP contribution is -2.43. The van der Waals surface area contributed by atoms with E-state index in [-0.39, 0.29) is 12.1 Å². The summed E-state index contributed by atoms with van der Waals surface area (Å²) in [5, 5.41) is 5.65. The first-order chi connectivity index (χ1) is 8.11. The second-order valence-corrected chi connectivity index (χ2v) is 4.53. The maximum atomic E-state index is 11.7. The summed E-state index contributed by atoms with van der Waals surface area (Å²) < 4.78 is 0. The van der Waals surface area contributed by atoms with E-state index >= 15 is 0 Å². The molecule has 1 atom stereocenters. The number of anilines is 1. The van der Waals surface area contributed by atoms with Crippen LogP contribution in [0.15, 0.2) is 30.3 Å². The molecular weight excluding hydrogens is 214 g/mol. The van der Waals surface area contributed by atoms with E-state index in [9.17, 15) is 4.79 Å². The summed E-state index contributed by atoms with van der Waals surface area (Å²) in [5.41, 5.74) is 6.40. The molecule has 17 heavy (non-hydrogen) atoms. The molecule has 0 fully saturated rings. The summed E-state index contributed by atoms with van der Waals surface area (Å²) in [5.74, 6) is 0.514. The second-order valence-electron chi connectivity index (χ2n) is 4.53. The maximum absolute atomic E-state index is 11.7. The van der Waals surface area contributed by atoms with Crippen molar-refractivity contribution in [2.75, 3.05) is 11.9 Å². The van der Waals surface area contributed by atoms with Crippen molar-refractivity contribution in [1.29, 1.82) is 0 Å². The van der Waals surface area contributed by atoms with Crippen LogP contribution in [0.4, 0.5) is 10.5 Å². The topological polar surface area (TPSA) is 67.1 Å². The molecule has 0 aliphatic carbocycles. The number of benzene rings is 1. The van der Waals surface area contributed by atoms with E-state index in [0.717, 1.165) is 12.1 Å². The van der Waals surface area contributed by atoms with Crippen molar-refractivity contribution >= 4 is 11.7 Å². The molecule has 0 bridgehead atoms. The van der Waals surface area contributed by atoms with Crippen LogP contribution in [0, 0.1) is 5.92 Å². The molecule has 0 saturated carbocycles. The molecule has 2 amide bonds. The third-order valence-corrected chi connectivity index (χ3v) is 2.41. The van der Waals surface area contributed by atoms with Gasteiger partial charge in [0.2, 0.25) is 0 Å². The van der Waals surface area contributed by atoms with E-state index in [1.54, 1.807) is 0 Å². The second kappa shape index (κ2) is 6.91. The van der Waals surface area contributed by atoms with Gasteiger partial charge in [-0.05, 0) is 24.5 Å². The lowest BCUT2D eigenvalue weighted by atomic mass is 10.0. The molecule has 0 radical (unpaired) electrons. The zero-order valence-electron chi connectivity index (χ0n) is 10.4. The van der Waals surface area contributed by atoms with Crippen molar-refractivity contribution in [3.63, 3.8) is 0 Å². The van der Waals surface area contributed by atoms with Gasteiger partial charge in [-0.15, -0.1) is 0 Å². The standard InChI is InChI=1S/C13H21N3O/c1-10(2)8-12(9-14)16-13(17)15-11-6-4-3-5-7-11/h3-7,10,12H,8-9,14H2,1-2H3,(H2,15,16,17). The number of nitrogens with two attached hydrogens (primary N) is 1.